The molecule has 2 aliphatic rings. The van der Waals surface area contributed by atoms with Crippen LogP contribution in [0.2, 0.25) is 0 Å². The van der Waals surface area contributed by atoms with E-state index in [9.17, 15) is 4.79 Å². The van der Waals surface area contributed by atoms with Gasteiger partial charge >= 0.3 is 0 Å². The van der Waals surface area contributed by atoms with Crippen LogP contribution in [0.1, 0.15) is 74.0 Å². The van der Waals surface area contributed by atoms with Crippen LogP contribution < -0.4 is 5.43 Å². The van der Waals surface area contributed by atoms with Gasteiger partial charge in [-0.05, 0) is 54.7 Å². The Morgan fingerprint density at radius 3 is 2.33 bits per heavy atom. The van der Waals surface area contributed by atoms with E-state index < -0.39 is 0 Å². The van der Waals surface area contributed by atoms with Gasteiger partial charge in [-0.2, -0.15) is 5.10 Å². The molecule has 0 radical (unpaired) electrons. The molecule has 3 nitrogen and oxygen atoms in total. The lowest BCUT2D eigenvalue weighted by Crippen LogP contribution is -2.21. The zero-order valence-corrected chi connectivity index (χ0v) is 16.0. The number of hydrazone groups is 1. The minimum atomic E-state index is 0.0297. The standard InChI is InChI=1S/C24H28N2O/c1-17(18-12-14-20(15-13-18)19-8-4-2-5-9-19)25-26-24(27)23-16-22(23)21-10-6-3-7-11-21/h3,6-7,10-15,19,22-23H,2,4-5,8-9,16H2,1H3,(H,26,27)/t22-,23+/m1/s1. The average Bonchev–Trinajstić information content (AvgIpc) is 3.54. The average molecular weight is 361 g/mol. The van der Waals surface area contributed by atoms with E-state index in [0.29, 0.717) is 5.92 Å². The topological polar surface area (TPSA) is 41.5 Å². The Balaban J connectivity index is 1.33. The molecule has 1 N–H and O–H groups in total. The number of benzene rings is 2. The smallest absolute Gasteiger partial charge is 0.243 e. The van der Waals surface area contributed by atoms with E-state index in [0.717, 1.165) is 23.6 Å². The summed E-state index contributed by atoms with van der Waals surface area (Å²) in [6.45, 7) is 1.96. The molecular formula is C24H28N2O. The van der Waals surface area contributed by atoms with Crippen molar-refractivity contribution in [1.82, 2.24) is 5.43 Å². The molecule has 4 rings (SSSR count). The van der Waals surface area contributed by atoms with Crippen LogP contribution in [0, 0.1) is 5.92 Å². The SMILES string of the molecule is CC(=NNC(=O)[C@H]1C[C@@H]1c1ccccc1)c1ccc(C2CCCCC2)cc1. The summed E-state index contributed by atoms with van der Waals surface area (Å²) < 4.78 is 0. The lowest BCUT2D eigenvalue weighted by atomic mass is 9.84. The van der Waals surface area contributed by atoms with Crippen LogP contribution >= 0.6 is 0 Å². The Hall–Kier alpha value is -2.42. The van der Waals surface area contributed by atoms with Crippen LogP contribution in [0.3, 0.4) is 0 Å². The molecule has 0 spiro atoms. The second-order valence-electron chi connectivity index (χ2n) is 7.99. The van der Waals surface area contributed by atoms with Crippen molar-refractivity contribution < 1.29 is 4.79 Å². The highest BCUT2D eigenvalue weighted by atomic mass is 16.2. The summed E-state index contributed by atoms with van der Waals surface area (Å²) in [7, 11) is 0. The van der Waals surface area contributed by atoms with E-state index >= 15 is 0 Å². The maximum Gasteiger partial charge on any atom is 0.243 e. The predicted molar refractivity (Wildman–Crippen MR) is 110 cm³/mol. The molecule has 140 valence electrons. The molecule has 2 aromatic carbocycles. The molecule has 0 aromatic heterocycles. The van der Waals surface area contributed by atoms with Gasteiger partial charge in [0.25, 0.3) is 0 Å². The molecule has 0 unspecified atom stereocenters. The quantitative estimate of drug-likeness (QED) is 0.564. The van der Waals surface area contributed by atoms with Crippen LogP contribution in [-0.2, 0) is 4.79 Å². The van der Waals surface area contributed by atoms with Crippen LogP contribution in [0.15, 0.2) is 59.7 Å². The van der Waals surface area contributed by atoms with E-state index in [1.54, 1.807) is 0 Å². The zero-order valence-electron chi connectivity index (χ0n) is 16.0. The fraction of sp³-hybridized carbons (Fsp3) is 0.417. The molecule has 1 amide bonds. The van der Waals surface area contributed by atoms with E-state index in [2.05, 4.69) is 46.9 Å². The van der Waals surface area contributed by atoms with Gasteiger partial charge in [-0.3, -0.25) is 4.79 Å². The summed E-state index contributed by atoms with van der Waals surface area (Å²) in [6, 6.07) is 19.0. The Morgan fingerprint density at radius 1 is 0.926 bits per heavy atom. The normalized spacial score (nSPS) is 23.1. The molecule has 2 atom stereocenters. The van der Waals surface area contributed by atoms with Gasteiger partial charge in [0.15, 0.2) is 0 Å². The van der Waals surface area contributed by atoms with Crippen molar-refractivity contribution in [2.45, 2.75) is 57.3 Å². The van der Waals surface area contributed by atoms with Gasteiger partial charge in [0.1, 0.15) is 0 Å². The lowest BCUT2D eigenvalue weighted by Gasteiger charge is -2.22. The van der Waals surface area contributed by atoms with Gasteiger partial charge in [-0.1, -0.05) is 73.9 Å². The maximum absolute atomic E-state index is 12.4. The summed E-state index contributed by atoms with van der Waals surface area (Å²) in [6.07, 6.45) is 7.62. The summed E-state index contributed by atoms with van der Waals surface area (Å²) >= 11 is 0. The second-order valence-corrected chi connectivity index (χ2v) is 7.99. The van der Waals surface area contributed by atoms with Crippen molar-refractivity contribution in [2.24, 2.45) is 11.0 Å². The van der Waals surface area contributed by atoms with Crippen molar-refractivity contribution in [3.63, 3.8) is 0 Å². The molecule has 0 bridgehead atoms. The van der Waals surface area contributed by atoms with Crippen molar-refractivity contribution in [1.29, 1.82) is 0 Å². The summed E-state index contributed by atoms with van der Waals surface area (Å²) in [5.41, 5.74) is 7.39. The highest BCUT2D eigenvalue weighted by molar-refractivity contribution is 5.99. The number of hydrogen-bond acceptors (Lipinski definition) is 2. The van der Waals surface area contributed by atoms with E-state index in [1.165, 1.54) is 43.2 Å². The van der Waals surface area contributed by atoms with Gasteiger partial charge in [0, 0.05) is 5.92 Å². The molecule has 2 aromatic rings. The van der Waals surface area contributed by atoms with Crippen molar-refractivity contribution >= 4 is 11.6 Å². The third-order valence-corrected chi connectivity index (χ3v) is 6.09. The summed E-state index contributed by atoms with van der Waals surface area (Å²) in [4.78, 5) is 12.4. The minimum absolute atomic E-state index is 0.0297. The summed E-state index contributed by atoms with van der Waals surface area (Å²) in [5.74, 6) is 1.14. The van der Waals surface area contributed by atoms with E-state index in [1.807, 2.05) is 25.1 Å². The number of carbonyl (C=O) groups excluding carboxylic acids is 1. The first kappa shape index (κ1) is 18.0. The number of hydrogen-bond donors (Lipinski definition) is 1. The van der Waals surface area contributed by atoms with Gasteiger partial charge in [0.05, 0.1) is 5.71 Å². The Morgan fingerprint density at radius 2 is 1.63 bits per heavy atom. The Labute approximate surface area is 161 Å². The van der Waals surface area contributed by atoms with Crippen molar-refractivity contribution in [2.75, 3.05) is 0 Å². The molecule has 27 heavy (non-hydrogen) atoms. The van der Waals surface area contributed by atoms with Crippen LogP contribution in [0.5, 0.6) is 0 Å². The van der Waals surface area contributed by atoms with Gasteiger partial charge in [-0.15, -0.1) is 0 Å². The number of carbonyl (C=O) groups is 1. The molecule has 2 saturated carbocycles. The first-order valence-electron chi connectivity index (χ1n) is 10.2. The van der Waals surface area contributed by atoms with Crippen molar-refractivity contribution in [3.8, 4) is 0 Å². The minimum Gasteiger partial charge on any atom is -0.273 e. The number of nitrogens with zero attached hydrogens (tertiary/aromatic N) is 1. The molecular weight excluding hydrogens is 332 g/mol. The van der Waals surface area contributed by atoms with Crippen LogP contribution in [0.4, 0.5) is 0 Å². The van der Waals surface area contributed by atoms with E-state index in [-0.39, 0.29) is 11.8 Å². The third-order valence-electron chi connectivity index (χ3n) is 6.09. The van der Waals surface area contributed by atoms with E-state index in [4.69, 9.17) is 0 Å². The maximum atomic E-state index is 12.4. The number of rotatable bonds is 5. The molecule has 2 aliphatic carbocycles. The second kappa shape index (κ2) is 8.08. The summed E-state index contributed by atoms with van der Waals surface area (Å²) in [5, 5.41) is 4.34. The highest BCUT2D eigenvalue weighted by Crippen LogP contribution is 2.47. The monoisotopic (exact) mass is 360 g/mol. The zero-order chi connectivity index (χ0) is 18.6. The third kappa shape index (κ3) is 4.29. The Bertz CT molecular complexity index is 804. The van der Waals surface area contributed by atoms with Crippen LogP contribution in [0.25, 0.3) is 0 Å². The molecule has 2 fully saturated rings. The highest BCUT2D eigenvalue weighted by Gasteiger charge is 2.43. The number of nitrogens with one attached hydrogen (secondary N) is 1. The first-order valence-corrected chi connectivity index (χ1v) is 10.2. The molecule has 0 heterocycles. The van der Waals surface area contributed by atoms with Gasteiger partial charge in [0.2, 0.25) is 5.91 Å². The van der Waals surface area contributed by atoms with Crippen molar-refractivity contribution in [3.05, 3.63) is 71.3 Å². The van der Waals surface area contributed by atoms with Gasteiger partial charge < -0.3 is 0 Å². The lowest BCUT2D eigenvalue weighted by molar-refractivity contribution is -0.122. The molecule has 0 saturated heterocycles. The first-order chi connectivity index (χ1) is 13.2. The number of amides is 1. The predicted octanol–water partition coefficient (Wildman–Crippen LogP) is 5.38. The van der Waals surface area contributed by atoms with Crippen LogP contribution in [-0.4, -0.2) is 11.6 Å². The Kier molecular flexibility index (Phi) is 5.38. The fourth-order valence-corrected chi connectivity index (χ4v) is 4.27. The fourth-order valence-electron chi connectivity index (χ4n) is 4.27. The largest absolute Gasteiger partial charge is 0.273 e. The molecule has 0 aliphatic heterocycles. The molecule has 3 heteroatoms. The van der Waals surface area contributed by atoms with Gasteiger partial charge in [-0.25, -0.2) is 5.43 Å².